The van der Waals surface area contributed by atoms with Gasteiger partial charge < -0.3 is 9.64 Å². The lowest BCUT2D eigenvalue weighted by atomic mass is 10.1. The minimum Gasteiger partial charge on any atom is -0.442 e. The number of rotatable bonds is 2. The fourth-order valence-corrected chi connectivity index (χ4v) is 4.81. The Morgan fingerprint density at radius 3 is 2.84 bits per heavy atom. The van der Waals surface area contributed by atoms with E-state index in [4.69, 9.17) is 16.3 Å². The summed E-state index contributed by atoms with van der Waals surface area (Å²) in [7, 11) is 0. The number of ether oxygens (including phenoxy) is 1. The molecule has 2 saturated heterocycles. The van der Waals surface area contributed by atoms with Gasteiger partial charge in [0.05, 0.1) is 18.1 Å². The smallest absolute Gasteiger partial charge is 0.410 e. The van der Waals surface area contributed by atoms with Crippen LogP contribution < -0.4 is 4.90 Å². The molecule has 3 heterocycles. The van der Waals surface area contributed by atoms with Crippen LogP contribution in [0.15, 0.2) is 30.5 Å². The predicted octanol–water partition coefficient (Wildman–Crippen LogP) is 3.84. The van der Waals surface area contributed by atoms with E-state index in [9.17, 15) is 4.79 Å². The van der Waals surface area contributed by atoms with Crippen LogP contribution in [0.3, 0.4) is 0 Å². The number of pyridine rings is 1. The second kappa shape index (κ2) is 5.77. The van der Waals surface area contributed by atoms with Crippen molar-refractivity contribution >= 4 is 34.3 Å². The fraction of sp³-hybridized carbons (Fsp3) is 0.474. The number of carbonyl (C=O) groups excluding carboxylic acids is 1. The average molecular weight is 358 g/mol. The molecule has 5 nitrogen and oxygen atoms in total. The number of anilines is 1. The second-order valence-corrected chi connectivity index (χ2v) is 7.67. The maximum atomic E-state index is 12.3. The molecule has 130 valence electrons. The van der Waals surface area contributed by atoms with Gasteiger partial charge in [0.25, 0.3) is 0 Å². The van der Waals surface area contributed by atoms with E-state index in [1.54, 1.807) is 0 Å². The van der Waals surface area contributed by atoms with Crippen LogP contribution in [-0.2, 0) is 4.74 Å². The highest BCUT2D eigenvalue weighted by Gasteiger charge is 2.50. The maximum Gasteiger partial charge on any atom is 0.410 e. The first-order chi connectivity index (χ1) is 12.2. The Balaban J connectivity index is 1.45. The Kier molecular flexibility index (Phi) is 3.52. The molecule has 3 fully saturated rings. The lowest BCUT2D eigenvalue weighted by molar-refractivity contribution is 0.130. The molecule has 3 aliphatic rings. The van der Waals surface area contributed by atoms with Crippen molar-refractivity contribution in [1.82, 2.24) is 9.88 Å². The van der Waals surface area contributed by atoms with E-state index >= 15 is 0 Å². The van der Waals surface area contributed by atoms with Crippen molar-refractivity contribution in [1.29, 1.82) is 0 Å². The summed E-state index contributed by atoms with van der Waals surface area (Å²) >= 11 is 6.10. The highest BCUT2D eigenvalue weighted by molar-refractivity contribution is 6.31. The van der Waals surface area contributed by atoms with Gasteiger partial charge >= 0.3 is 6.09 Å². The van der Waals surface area contributed by atoms with E-state index in [1.807, 2.05) is 35.4 Å². The van der Waals surface area contributed by atoms with Crippen molar-refractivity contribution in [2.75, 3.05) is 18.0 Å². The lowest BCUT2D eigenvalue weighted by Crippen LogP contribution is -2.43. The number of nitrogens with zero attached hydrogens (tertiary/aromatic N) is 3. The van der Waals surface area contributed by atoms with Gasteiger partial charge in [-0.3, -0.25) is 9.88 Å². The number of amides is 1. The summed E-state index contributed by atoms with van der Waals surface area (Å²) in [6.45, 7) is 1.55. The van der Waals surface area contributed by atoms with E-state index in [0.29, 0.717) is 11.1 Å². The first kappa shape index (κ1) is 15.3. The van der Waals surface area contributed by atoms with Crippen molar-refractivity contribution in [3.05, 3.63) is 35.5 Å². The molecule has 1 aromatic heterocycles. The van der Waals surface area contributed by atoms with Crippen LogP contribution in [0.4, 0.5) is 10.5 Å². The van der Waals surface area contributed by atoms with Gasteiger partial charge in [0.15, 0.2) is 0 Å². The molecule has 2 aromatic rings. The molecular formula is C19H20ClN3O2. The normalized spacial score (nSPS) is 26.5. The Morgan fingerprint density at radius 2 is 2.00 bits per heavy atom. The molecule has 2 atom stereocenters. The van der Waals surface area contributed by atoms with Crippen molar-refractivity contribution in [3.63, 3.8) is 0 Å². The molecule has 0 spiro atoms. The molecule has 0 N–H and O–H groups in total. The van der Waals surface area contributed by atoms with Gasteiger partial charge in [-0.25, -0.2) is 4.79 Å². The first-order valence-corrected chi connectivity index (χ1v) is 9.37. The lowest BCUT2D eigenvalue weighted by Gasteiger charge is -2.28. The Bertz CT molecular complexity index is 837. The average Bonchev–Trinajstić information content (AvgIpc) is 3.30. The van der Waals surface area contributed by atoms with Crippen LogP contribution in [0.25, 0.3) is 10.9 Å². The number of fused-ring (bicyclic) bond motifs is 2. The standard InChI is InChI=1S/C19H20ClN3O2/c20-12-5-6-14-15(9-12)21-8-7-16(14)22-10-17-18(11-22)25-19(24)23(17)13-3-1-2-4-13/h5-9,13,17-18H,1-4,10-11H2/t17-,18+/m0/s1. The topological polar surface area (TPSA) is 45.7 Å². The van der Waals surface area contributed by atoms with Crippen molar-refractivity contribution < 1.29 is 9.53 Å². The number of halogens is 1. The van der Waals surface area contributed by atoms with E-state index in [1.165, 1.54) is 12.8 Å². The maximum absolute atomic E-state index is 12.3. The van der Waals surface area contributed by atoms with Gasteiger partial charge in [0.2, 0.25) is 0 Å². The molecule has 6 heteroatoms. The quantitative estimate of drug-likeness (QED) is 0.819. The van der Waals surface area contributed by atoms with Crippen LogP contribution in [0.1, 0.15) is 25.7 Å². The summed E-state index contributed by atoms with van der Waals surface area (Å²) in [6.07, 6.45) is 6.31. The highest BCUT2D eigenvalue weighted by Crippen LogP contribution is 2.37. The SMILES string of the molecule is O=C1O[C@@H]2CN(c3ccnc4cc(Cl)ccc34)C[C@@H]2N1C1CCCC1. The monoisotopic (exact) mass is 357 g/mol. The zero-order chi connectivity index (χ0) is 17.0. The fourth-order valence-electron chi connectivity index (χ4n) is 4.65. The van der Waals surface area contributed by atoms with Gasteiger partial charge in [-0.15, -0.1) is 0 Å². The number of benzene rings is 1. The van der Waals surface area contributed by atoms with Crippen LogP contribution in [0.5, 0.6) is 0 Å². The third-order valence-corrected chi connectivity index (χ3v) is 6.03. The van der Waals surface area contributed by atoms with E-state index in [0.717, 1.165) is 42.5 Å². The molecule has 1 aromatic carbocycles. The molecule has 25 heavy (non-hydrogen) atoms. The van der Waals surface area contributed by atoms with E-state index in [2.05, 4.69) is 9.88 Å². The number of aromatic nitrogens is 1. The Labute approximate surface area is 151 Å². The van der Waals surface area contributed by atoms with Gasteiger partial charge in [0, 0.05) is 34.9 Å². The van der Waals surface area contributed by atoms with Crippen LogP contribution >= 0.6 is 11.6 Å². The summed E-state index contributed by atoms with van der Waals surface area (Å²) in [5.74, 6) is 0. The van der Waals surface area contributed by atoms with Gasteiger partial charge in [-0.05, 0) is 37.1 Å². The second-order valence-electron chi connectivity index (χ2n) is 7.23. The predicted molar refractivity (Wildman–Crippen MR) is 97.1 cm³/mol. The van der Waals surface area contributed by atoms with Gasteiger partial charge in [-0.2, -0.15) is 0 Å². The minimum atomic E-state index is -0.118. The summed E-state index contributed by atoms with van der Waals surface area (Å²) in [5.41, 5.74) is 2.03. The molecule has 0 unspecified atom stereocenters. The summed E-state index contributed by atoms with van der Waals surface area (Å²) < 4.78 is 5.70. The molecule has 0 bridgehead atoms. The van der Waals surface area contributed by atoms with E-state index in [-0.39, 0.29) is 18.2 Å². The summed E-state index contributed by atoms with van der Waals surface area (Å²) in [4.78, 5) is 21.1. The first-order valence-electron chi connectivity index (χ1n) is 8.99. The number of hydrogen-bond acceptors (Lipinski definition) is 4. The zero-order valence-electron chi connectivity index (χ0n) is 13.9. The van der Waals surface area contributed by atoms with Crippen LogP contribution in [0, 0.1) is 0 Å². The number of hydrogen-bond donors (Lipinski definition) is 0. The molecule has 2 aliphatic heterocycles. The molecule has 1 saturated carbocycles. The third kappa shape index (κ3) is 2.44. The van der Waals surface area contributed by atoms with Crippen molar-refractivity contribution in [2.24, 2.45) is 0 Å². The zero-order valence-corrected chi connectivity index (χ0v) is 14.7. The molecular weight excluding hydrogens is 338 g/mol. The minimum absolute atomic E-state index is 0.0383. The molecule has 5 rings (SSSR count). The van der Waals surface area contributed by atoms with Crippen molar-refractivity contribution in [2.45, 2.75) is 43.9 Å². The summed E-state index contributed by atoms with van der Waals surface area (Å²) in [5, 5.41) is 1.78. The van der Waals surface area contributed by atoms with Crippen LogP contribution in [0.2, 0.25) is 5.02 Å². The Morgan fingerprint density at radius 1 is 1.16 bits per heavy atom. The number of carbonyl (C=O) groups is 1. The van der Waals surface area contributed by atoms with Gasteiger partial charge in [0.1, 0.15) is 6.10 Å². The molecule has 1 aliphatic carbocycles. The molecule has 0 radical (unpaired) electrons. The third-order valence-electron chi connectivity index (χ3n) is 5.80. The Hall–Kier alpha value is -2.01. The van der Waals surface area contributed by atoms with E-state index < -0.39 is 0 Å². The van der Waals surface area contributed by atoms with Crippen LogP contribution in [-0.4, -0.2) is 47.3 Å². The van der Waals surface area contributed by atoms with Gasteiger partial charge in [-0.1, -0.05) is 24.4 Å². The summed E-state index contributed by atoms with van der Waals surface area (Å²) in [6, 6.07) is 8.37. The van der Waals surface area contributed by atoms with Crippen molar-refractivity contribution in [3.8, 4) is 0 Å². The molecule has 1 amide bonds. The largest absolute Gasteiger partial charge is 0.442 e. The highest BCUT2D eigenvalue weighted by atomic mass is 35.5.